The number of amides is 1. The van der Waals surface area contributed by atoms with Crippen molar-refractivity contribution in [3.63, 3.8) is 0 Å². The van der Waals surface area contributed by atoms with E-state index < -0.39 is 14.9 Å². The van der Waals surface area contributed by atoms with Crippen LogP contribution in [0, 0.1) is 15.9 Å². The van der Waals surface area contributed by atoms with Gasteiger partial charge < -0.3 is 4.90 Å². The molecule has 0 N–H and O–H groups in total. The second-order valence-corrected chi connectivity index (χ2v) is 8.28. The third-order valence-electron chi connectivity index (χ3n) is 4.55. The summed E-state index contributed by atoms with van der Waals surface area (Å²) in [7, 11) is -3.79. The molecular formula is C18H18FN3O5S. The third kappa shape index (κ3) is 4.34. The Bertz CT molecular complexity index is 969. The van der Waals surface area contributed by atoms with Crippen molar-refractivity contribution in [3.05, 3.63) is 70.0 Å². The van der Waals surface area contributed by atoms with Gasteiger partial charge in [0, 0.05) is 38.3 Å². The van der Waals surface area contributed by atoms with E-state index in [4.69, 9.17) is 0 Å². The number of carbonyl (C=O) groups excluding carboxylic acids is 1. The Morgan fingerprint density at radius 2 is 1.57 bits per heavy atom. The van der Waals surface area contributed by atoms with Crippen LogP contribution in [0.25, 0.3) is 0 Å². The van der Waals surface area contributed by atoms with Crippen LogP contribution in [-0.2, 0) is 21.2 Å². The Hall–Kier alpha value is -2.85. The molecule has 2 aromatic rings. The maximum Gasteiger partial charge on any atom is 0.269 e. The van der Waals surface area contributed by atoms with E-state index in [0.29, 0.717) is 5.56 Å². The lowest BCUT2D eigenvalue weighted by molar-refractivity contribution is -0.384. The number of rotatable bonds is 5. The maximum atomic E-state index is 12.9. The zero-order chi connectivity index (χ0) is 20.3. The van der Waals surface area contributed by atoms with E-state index in [9.17, 15) is 27.7 Å². The van der Waals surface area contributed by atoms with Crippen LogP contribution < -0.4 is 0 Å². The molecule has 2 aromatic carbocycles. The smallest absolute Gasteiger partial charge is 0.269 e. The SMILES string of the molecule is O=C(Cc1ccc(F)cc1)N1CCN(S(=O)(=O)c2ccc([N+](=O)[O-])cc2)CC1. The molecule has 1 amide bonds. The highest BCUT2D eigenvalue weighted by molar-refractivity contribution is 7.89. The molecule has 10 heteroatoms. The lowest BCUT2D eigenvalue weighted by atomic mass is 10.1. The van der Waals surface area contributed by atoms with Crippen LogP contribution >= 0.6 is 0 Å². The number of nitrogens with zero attached hydrogens (tertiary/aromatic N) is 3. The highest BCUT2D eigenvalue weighted by Crippen LogP contribution is 2.21. The van der Waals surface area contributed by atoms with Crippen LogP contribution in [0.15, 0.2) is 53.4 Å². The molecule has 28 heavy (non-hydrogen) atoms. The molecule has 0 radical (unpaired) electrons. The fourth-order valence-corrected chi connectivity index (χ4v) is 4.38. The van der Waals surface area contributed by atoms with E-state index >= 15 is 0 Å². The van der Waals surface area contributed by atoms with E-state index in [1.807, 2.05) is 0 Å². The summed E-state index contributed by atoms with van der Waals surface area (Å²) in [6, 6.07) is 10.4. The first-order valence-electron chi connectivity index (χ1n) is 8.54. The standard InChI is InChI=1S/C18H18FN3O5S/c19-15-3-1-14(2-4-15)13-18(23)20-9-11-21(12-10-20)28(26,27)17-7-5-16(6-8-17)22(24)25/h1-8H,9-13H2. The largest absolute Gasteiger partial charge is 0.340 e. The third-order valence-corrected chi connectivity index (χ3v) is 6.46. The zero-order valence-corrected chi connectivity index (χ0v) is 15.6. The fraction of sp³-hybridized carbons (Fsp3) is 0.278. The molecule has 0 aliphatic carbocycles. The van der Waals surface area contributed by atoms with Gasteiger partial charge in [0.1, 0.15) is 5.82 Å². The predicted molar refractivity (Wildman–Crippen MR) is 98.5 cm³/mol. The van der Waals surface area contributed by atoms with Crippen LogP contribution in [0.2, 0.25) is 0 Å². The summed E-state index contributed by atoms with van der Waals surface area (Å²) in [6.45, 7) is 0.751. The number of hydrogen-bond donors (Lipinski definition) is 0. The number of nitro groups is 1. The molecule has 1 heterocycles. The lowest BCUT2D eigenvalue weighted by Crippen LogP contribution is -2.50. The molecule has 0 bridgehead atoms. The first-order valence-corrected chi connectivity index (χ1v) is 9.98. The number of piperazine rings is 1. The van der Waals surface area contributed by atoms with Gasteiger partial charge >= 0.3 is 0 Å². The molecule has 0 spiro atoms. The average molecular weight is 407 g/mol. The summed E-state index contributed by atoms with van der Waals surface area (Å²) in [5.41, 5.74) is 0.502. The van der Waals surface area contributed by atoms with Crippen molar-refractivity contribution in [1.29, 1.82) is 0 Å². The minimum atomic E-state index is -3.79. The second kappa shape index (κ2) is 8.03. The van der Waals surface area contributed by atoms with Gasteiger partial charge in [-0.25, -0.2) is 12.8 Å². The van der Waals surface area contributed by atoms with Crippen molar-refractivity contribution in [1.82, 2.24) is 9.21 Å². The summed E-state index contributed by atoms with van der Waals surface area (Å²) < 4.78 is 39.6. The highest BCUT2D eigenvalue weighted by Gasteiger charge is 2.30. The summed E-state index contributed by atoms with van der Waals surface area (Å²) in [5, 5.41) is 10.7. The minimum absolute atomic E-state index is 0.0239. The van der Waals surface area contributed by atoms with Gasteiger partial charge in [-0.1, -0.05) is 12.1 Å². The van der Waals surface area contributed by atoms with Gasteiger partial charge in [0.25, 0.3) is 5.69 Å². The minimum Gasteiger partial charge on any atom is -0.340 e. The molecule has 1 saturated heterocycles. The number of non-ortho nitro benzene ring substituents is 1. The van der Waals surface area contributed by atoms with Crippen molar-refractivity contribution >= 4 is 21.6 Å². The number of nitro benzene ring substituents is 1. The first-order chi connectivity index (χ1) is 13.3. The molecule has 0 atom stereocenters. The van der Waals surface area contributed by atoms with E-state index in [0.717, 1.165) is 12.1 Å². The van der Waals surface area contributed by atoms with E-state index in [-0.39, 0.29) is 54.9 Å². The van der Waals surface area contributed by atoms with Crippen LogP contribution in [0.3, 0.4) is 0 Å². The van der Waals surface area contributed by atoms with Gasteiger partial charge in [0.15, 0.2) is 0 Å². The quantitative estimate of drug-likeness (QED) is 0.556. The Kier molecular flexibility index (Phi) is 5.71. The van der Waals surface area contributed by atoms with E-state index in [1.165, 1.54) is 28.6 Å². The Balaban J connectivity index is 1.61. The number of halogens is 1. The van der Waals surface area contributed by atoms with E-state index in [2.05, 4.69) is 0 Å². The Morgan fingerprint density at radius 3 is 2.11 bits per heavy atom. The molecule has 3 rings (SSSR count). The molecule has 0 aromatic heterocycles. The predicted octanol–water partition coefficient (Wildman–Crippen LogP) is 1.81. The normalized spacial score (nSPS) is 15.4. The lowest BCUT2D eigenvalue weighted by Gasteiger charge is -2.34. The van der Waals surface area contributed by atoms with Gasteiger partial charge in [-0.3, -0.25) is 14.9 Å². The van der Waals surface area contributed by atoms with Gasteiger partial charge in [-0.15, -0.1) is 0 Å². The fourth-order valence-electron chi connectivity index (χ4n) is 2.96. The zero-order valence-electron chi connectivity index (χ0n) is 14.8. The monoisotopic (exact) mass is 407 g/mol. The van der Waals surface area contributed by atoms with Gasteiger partial charge in [-0.2, -0.15) is 4.31 Å². The first kappa shape index (κ1) is 19.9. The summed E-state index contributed by atoms with van der Waals surface area (Å²) in [4.78, 5) is 24.0. The summed E-state index contributed by atoms with van der Waals surface area (Å²) in [5.74, 6) is -0.528. The summed E-state index contributed by atoms with van der Waals surface area (Å²) in [6.07, 6.45) is 0.120. The van der Waals surface area contributed by atoms with Gasteiger partial charge in [-0.05, 0) is 29.8 Å². The van der Waals surface area contributed by atoms with Crippen LogP contribution in [0.1, 0.15) is 5.56 Å². The molecular weight excluding hydrogens is 389 g/mol. The molecule has 0 saturated carbocycles. The number of benzene rings is 2. The second-order valence-electron chi connectivity index (χ2n) is 6.34. The Labute approximate surface area is 161 Å². The van der Waals surface area contributed by atoms with Crippen molar-refractivity contribution in [2.45, 2.75) is 11.3 Å². The van der Waals surface area contributed by atoms with Crippen molar-refractivity contribution < 1.29 is 22.5 Å². The topological polar surface area (TPSA) is 101 Å². The number of carbonyl (C=O) groups is 1. The molecule has 1 fully saturated rings. The summed E-state index contributed by atoms with van der Waals surface area (Å²) >= 11 is 0. The Morgan fingerprint density at radius 1 is 1.00 bits per heavy atom. The number of sulfonamides is 1. The van der Waals surface area contributed by atoms with Gasteiger partial charge in [0.05, 0.1) is 16.2 Å². The van der Waals surface area contributed by atoms with Gasteiger partial charge in [0.2, 0.25) is 15.9 Å². The molecule has 148 valence electrons. The maximum absolute atomic E-state index is 12.9. The van der Waals surface area contributed by atoms with Crippen molar-refractivity contribution in [3.8, 4) is 0 Å². The van der Waals surface area contributed by atoms with Crippen molar-refractivity contribution in [2.75, 3.05) is 26.2 Å². The molecule has 1 aliphatic rings. The highest BCUT2D eigenvalue weighted by atomic mass is 32.2. The molecule has 1 aliphatic heterocycles. The van der Waals surface area contributed by atoms with Crippen LogP contribution in [-0.4, -0.2) is 54.6 Å². The molecule has 8 nitrogen and oxygen atoms in total. The van der Waals surface area contributed by atoms with Crippen LogP contribution in [0.5, 0.6) is 0 Å². The van der Waals surface area contributed by atoms with E-state index in [1.54, 1.807) is 17.0 Å². The van der Waals surface area contributed by atoms with Crippen molar-refractivity contribution in [2.24, 2.45) is 0 Å². The average Bonchev–Trinajstić information content (AvgIpc) is 2.70. The molecule has 0 unspecified atom stereocenters. The van der Waals surface area contributed by atoms with Crippen LogP contribution in [0.4, 0.5) is 10.1 Å². The number of hydrogen-bond acceptors (Lipinski definition) is 5.